The molecule has 0 aromatic carbocycles. The van der Waals surface area contributed by atoms with Crippen LogP contribution in [-0.2, 0) is 19.1 Å². The number of nitrogens with one attached hydrogen (secondary N) is 1. The zero-order chi connectivity index (χ0) is 26.3. The highest BCUT2D eigenvalue weighted by atomic mass is 16.8. The van der Waals surface area contributed by atoms with Crippen LogP contribution in [0.1, 0.15) is 72.8 Å². The zero-order valence-corrected chi connectivity index (χ0v) is 22.6. The van der Waals surface area contributed by atoms with Gasteiger partial charge in [-0.15, -0.1) is 0 Å². The van der Waals surface area contributed by atoms with Crippen molar-refractivity contribution in [2.45, 2.75) is 85.2 Å². The van der Waals surface area contributed by atoms with E-state index in [0.29, 0.717) is 12.4 Å². The molecule has 2 saturated heterocycles. The Kier molecular flexibility index (Phi) is 9.49. The quantitative estimate of drug-likeness (QED) is 0.432. The van der Waals surface area contributed by atoms with Gasteiger partial charge in [0.1, 0.15) is 11.4 Å². The normalized spacial score (nSPS) is 21.5. The number of pyridine rings is 1. The summed E-state index contributed by atoms with van der Waals surface area (Å²) in [6, 6.07) is 3.59. The number of anilines is 1. The van der Waals surface area contributed by atoms with Crippen molar-refractivity contribution < 1.29 is 23.9 Å². The molecule has 1 aromatic heterocycles. The van der Waals surface area contributed by atoms with E-state index >= 15 is 0 Å². The summed E-state index contributed by atoms with van der Waals surface area (Å²) in [4.78, 5) is 39.2. The van der Waals surface area contributed by atoms with Crippen molar-refractivity contribution in [3.05, 3.63) is 30.0 Å². The molecule has 36 heavy (non-hydrogen) atoms. The number of hydrogen-bond donors (Lipinski definition) is 1. The van der Waals surface area contributed by atoms with Gasteiger partial charge >= 0.3 is 6.09 Å². The molecule has 1 unspecified atom stereocenters. The monoisotopic (exact) mass is 502 g/mol. The fraction of sp³-hybridized carbons (Fsp3) is 0.667. The first kappa shape index (κ1) is 28.1. The van der Waals surface area contributed by atoms with Gasteiger partial charge in [-0.3, -0.25) is 9.69 Å². The first-order valence-corrected chi connectivity index (χ1v) is 12.9. The number of hydroxylamine groups is 1. The van der Waals surface area contributed by atoms with Crippen LogP contribution in [0, 0.1) is 5.41 Å². The van der Waals surface area contributed by atoms with Gasteiger partial charge in [0.2, 0.25) is 0 Å². The van der Waals surface area contributed by atoms with Gasteiger partial charge in [0.25, 0.3) is 5.91 Å². The smallest absolute Gasteiger partial charge is 0.416 e. The zero-order valence-electron chi connectivity index (χ0n) is 22.6. The molecule has 9 nitrogen and oxygen atoms in total. The molecule has 2 aliphatic rings. The Bertz CT molecular complexity index is 898. The molecule has 3 rings (SSSR count). The molecule has 1 aromatic rings. The number of carbonyl (C=O) groups is 2. The molecule has 1 N–H and O–H groups in total. The maximum Gasteiger partial charge on any atom is 0.416 e. The topological polar surface area (TPSA) is 93.2 Å². The van der Waals surface area contributed by atoms with E-state index in [9.17, 15) is 9.59 Å². The van der Waals surface area contributed by atoms with Crippen molar-refractivity contribution in [3.8, 4) is 0 Å². The molecule has 200 valence electrons. The van der Waals surface area contributed by atoms with Crippen LogP contribution in [0.15, 0.2) is 24.4 Å². The van der Waals surface area contributed by atoms with E-state index in [1.165, 1.54) is 6.08 Å². The van der Waals surface area contributed by atoms with Crippen LogP contribution in [-0.4, -0.2) is 66.1 Å². The summed E-state index contributed by atoms with van der Waals surface area (Å²) in [7, 11) is 0. The van der Waals surface area contributed by atoms with E-state index < -0.39 is 18.0 Å². The summed E-state index contributed by atoms with van der Waals surface area (Å²) in [6.07, 6.45) is 7.52. The van der Waals surface area contributed by atoms with Crippen molar-refractivity contribution in [1.82, 2.24) is 15.4 Å². The summed E-state index contributed by atoms with van der Waals surface area (Å²) in [5.41, 5.74) is 2.70. The Morgan fingerprint density at radius 2 is 1.97 bits per heavy atom. The van der Waals surface area contributed by atoms with Crippen LogP contribution in [0.3, 0.4) is 0 Å². The standard InChI is InChI=1S/C27H42N4O5/c1-26(2,3)19-30-15-14-21(18-30)31(25(33)35-27(4,5)6)22-12-10-20(17-28-22)11-13-23(32)29-36-24-9-7-8-16-34-24/h10-13,17,21,24H,7-9,14-16,18-19H2,1-6H3,(H,29,32)/t21-,24?/m1/s1. The average Bonchev–Trinajstić information content (AvgIpc) is 3.22. The van der Waals surface area contributed by atoms with Gasteiger partial charge in [-0.2, -0.15) is 0 Å². The first-order valence-electron chi connectivity index (χ1n) is 12.9. The molecular formula is C27H42N4O5. The molecule has 0 aliphatic carbocycles. The second kappa shape index (κ2) is 12.2. The third-order valence-corrected chi connectivity index (χ3v) is 5.77. The maximum absolute atomic E-state index is 13.2. The number of carbonyl (C=O) groups excluding carboxylic acids is 2. The van der Waals surface area contributed by atoms with E-state index in [1.807, 2.05) is 26.8 Å². The van der Waals surface area contributed by atoms with Crippen LogP contribution in [0.4, 0.5) is 10.6 Å². The van der Waals surface area contributed by atoms with Crippen molar-refractivity contribution in [2.75, 3.05) is 31.1 Å². The van der Waals surface area contributed by atoms with E-state index in [0.717, 1.165) is 50.9 Å². The summed E-state index contributed by atoms with van der Waals surface area (Å²) >= 11 is 0. The highest BCUT2D eigenvalue weighted by Crippen LogP contribution is 2.27. The number of aromatic nitrogens is 1. The van der Waals surface area contributed by atoms with Crippen LogP contribution in [0.2, 0.25) is 0 Å². The predicted molar refractivity (Wildman–Crippen MR) is 139 cm³/mol. The lowest BCUT2D eigenvalue weighted by Crippen LogP contribution is -2.45. The van der Waals surface area contributed by atoms with Gasteiger partial charge in [0.15, 0.2) is 6.29 Å². The van der Waals surface area contributed by atoms with Gasteiger partial charge in [0.05, 0.1) is 6.04 Å². The van der Waals surface area contributed by atoms with Crippen LogP contribution >= 0.6 is 0 Å². The SMILES string of the molecule is CC(C)(C)CN1CC[C@@H](N(C(=O)OC(C)(C)C)c2ccc(C=CC(=O)NOC3CCCCO3)cn2)C1. The molecule has 2 fully saturated rings. The second-order valence-electron chi connectivity index (χ2n) is 11.8. The number of rotatable bonds is 7. The maximum atomic E-state index is 13.2. The molecule has 2 aliphatic heterocycles. The molecular weight excluding hydrogens is 460 g/mol. The highest BCUT2D eigenvalue weighted by molar-refractivity contribution is 5.91. The average molecular weight is 503 g/mol. The van der Waals surface area contributed by atoms with E-state index in [-0.39, 0.29) is 17.4 Å². The van der Waals surface area contributed by atoms with Crippen molar-refractivity contribution in [1.29, 1.82) is 0 Å². The Morgan fingerprint density at radius 3 is 2.58 bits per heavy atom. The number of likely N-dealkylation sites (tertiary alicyclic amines) is 1. The molecule has 0 radical (unpaired) electrons. The lowest BCUT2D eigenvalue weighted by Gasteiger charge is -2.31. The summed E-state index contributed by atoms with van der Waals surface area (Å²) < 4.78 is 11.2. The molecule has 0 saturated carbocycles. The summed E-state index contributed by atoms with van der Waals surface area (Å²) in [6.45, 7) is 15.5. The molecule has 9 heteroatoms. The van der Waals surface area contributed by atoms with E-state index in [1.54, 1.807) is 23.2 Å². The number of ether oxygens (including phenoxy) is 2. The first-order chi connectivity index (χ1) is 16.9. The third kappa shape index (κ3) is 9.19. The number of hydrogen-bond acceptors (Lipinski definition) is 7. The second-order valence-corrected chi connectivity index (χ2v) is 11.8. The number of amides is 2. The van der Waals surface area contributed by atoms with Crippen LogP contribution in [0.25, 0.3) is 6.08 Å². The molecule has 3 heterocycles. The fourth-order valence-corrected chi connectivity index (χ4v) is 4.35. The lowest BCUT2D eigenvalue weighted by atomic mass is 9.96. The van der Waals surface area contributed by atoms with Crippen LogP contribution < -0.4 is 10.4 Å². The molecule has 2 atom stereocenters. The Labute approximate surface area is 215 Å². The minimum absolute atomic E-state index is 0.0268. The minimum atomic E-state index is -0.611. The molecule has 0 bridgehead atoms. The Hall–Kier alpha value is -2.49. The van der Waals surface area contributed by atoms with Crippen molar-refractivity contribution in [3.63, 3.8) is 0 Å². The minimum Gasteiger partial charge on any atom is -0.443 e. The van der Waals surface area contributed by atoms with Gasteiger partial charge in [-0.25, -0.2) is 20.1 Å². The van der Waals surface area contributed by atoms with Gasteiger partial charge in [0, 0.05) is 44.9 Å². The van der Waals surface area contributed by atoms with E-state index in [2.05, 4.69) is 36.1 Å². The number of nitrogens with zero attached hydrogens (tertiary/aromatic N) is 3. The van der Waals surface area contributed by atoms with Crippen LogP contribution in [0.5, 0.6) is 0 Å². The third-order valence-electron chi connectivity index (χ3n) is 5.77. The van der Waals surface area contributed by atoms with Gasteiger partial charge in [-0.05, 0) is 69.2 Å². The largest absolute Gasteiger partial charge is 0.443 e. The van der Waals surface area contributed by atoms with Gasteiger partial charge in [-0.1, -0.05) is 20.8 Å². The summed E-state index contributed by atoms with van der Waals surface area (Å²) in [5.74, 6) is 0.153. The molecule has 2 amide bonds. The predicted octanol–water partition coefficient (Wildman–Crippen LogP) is 4.53. The van der Waals surface area contributed by atoms with Gasteiger partial charge < -0.3 is 14.4 Å². The Morgan fingerprint density at radius 1 is 1.19 bits per heavy atom. The highest BCUT2D eigenvalue weighted by Gasteiger charge is 2.36. The fourth-order valence-electron chi connectivity index (χ4n) is 4.35. The van der Waals surface area contributed by atoms with Crippen molar-refractivity contribution in [2.24, 2.45) is 5.41 Å². The summed E-state index contributed by atoms with van der Waals surface area (Å²) in [5, 5.41) is 0. The lowest BCUT2D eigenvalue weighted by molar-refractivity contribution is -0.198. The van der Waals surface area contributed by atoms with E-state index in [4.69, 9.17) is 14.3 Å². The Balaban J connectivity index is 1.65. The molecule has 0 spiro atoms. The van der Waals surface area contributed by atoms with Crippen molar-refractivity contribution >= 4 is 23.9 Å².